The molecule has 0 saturated carbocycles. The van der Waals surface area contributed by atoms with E-state index in [1.165, 1.54) is 39.6 Å². The van der Waals surface area contributed by atoms with Gasteiger partial charge in [0.1, 0.15) is 0 Å². The first-order valence-electron chi connectivity index (χ1n) is 34.3. The Labute approximate surface area is 610 Å². The van der Waals surface area contributed by atoms with Crippen LogP contribution in [0.3, 0.4) is 0 Å². The molecule has 0 unspecified atom stereocenters. The van der Waals surface area contributed by atoms with Gasteiger partial charge >= 0.3 is 23.9 Å². The molecule has 4 aliphatic rings. The maximum atomic E-state index is 13.3. The van der Waals surface area contributed by atoms with Gasteiger partial charge in [-0.05, 0) is 79.8 Å². The minimum Gasteiger partial charge on any atom is -0.469 e. The number of nitrogens with zero attached hydrogens (tertiary/aromatic N) is 4. The van der Waals surface area contributed by atoms with Crippen LogP contribution >= 0.6 is 11.6 Å². The predicted molar refractivity (Wildman–Crippen MR) is 404 cm³/mol. The van der Waals surface area contributed by atoms with Crippen LogP contribution in [0.1, 0.15) is 105 Å². The van der Waals surface area contributed by atoms with Crippen molar-refractivity contribution >= 4 is 52.5 Å². The van der Waals surface area contributed by atoms with Gasteiger partial charge in [-0.3, -0.25) is 43.4 Å². The summed E-state index contributed by atoms with van der Waals surface area (Å²) < 4.78 is 19.4. The quantitative estimate of drug-likeness (QED) is 0.0480. The maximum Gasteiger partial charge on any atom is 0.310 e. The van der Waals surface area contributed by atoms with Gasteiger partial charge in [0.25, 0.3) is 0 Å². The molecule has 102 heavy (non-hydrogen) atoms. The van der Waals surface area contributed by atoms with E-state index in [0.717, 1.165) is 72.6 Å². The summed E-state index contributed by atoms with van der Waals surface area (Å²) in [6.45, 7) is 15.6. The summed E-state index contributed by atoms with van der Waals surface area (Å²) in [7, 11) is 5.73. The van der Waals surface area contributed by atoms with Crippen molar-refractivity contribution in [1.82, 2.24) is 19.6 Å². The van der Waals surface area contributed by atoms with Crippen LogP contribution in [0.4, 0.5) is 0 Å². The summed E-state index contributed by atoms with van der Waals surface area (Å²) in [5.41, 5.74) is 8.30. The van der Waals surface area contributed by atoms with Crippen LogP contribution in [0.15, 0.2) is 243 Å². The van der Waals surface area contributed by atoms with Gasteiger partial charge in [0.05, 0.1) is 69.9 Å². The summed E-state index contributed by atoms with van der Waals surface area (Å²) in [6.07, 6.45) is 0. The minimum atomic E-state index is -0.371. The fourth-order valence-electron chi connectivity index (χ4n) is 13.8. The molecule has 16 heteroatoms. The van der Waals surface area contributed by atoms with Crippen molar-refractivity contribution in [3.63, 3.8) is 0 Å². The van der Waals surface area contributed by atoms with Gasteiger partial charge in [-0.2, -0.15) is 0 Å². The largest absolute Gasteiger partial charge is 0.469 e. The van der Waals surface area contributed by atoms with Crippen LogP contribution in [-0.2, 0) is 65.6 Å². The molecule has 0 bridgehead atoms. The molecule has 0 N–H and O–H groups in total. The molecule has 8 atom stereocenters. The first-order chi connectivity index (χ1) is 48.4. The summed E-state index contributed by atoms with van der Waals surface area (Å²) >= 11 is 5.67. The number of ether oxygens (including phenoxy) is 4. The molecule has 540 valence electrons. The minimum absolute atomic E-state index is 0. The van der Waals surface area contributed by atoms with E-state index in [0.29, 0.717) is 38.0 Å². The van der Waals surface area contributed by atoms with Gasteiger partial charge in [0.2, 0.25) is 17.1 Å². The van der Waals surface area contributed by atoms with E-state index in [1.54, 1.807) is 9.80 Å². The molecule has 4 saturated heterocycles. The second-order valence-electron chi connectivity index (χ2n) is 26.3. The Morgan fingerprint density at radius 2 is 0.520 bits per heavy atom. The van der Waals surface area contributed by atoms with Gasteiger partial charge in [0.15, 0.2) is 0 Å². The average Bonchev–Trinajstić information content (AvgIpc) is 1.59. The highest BCUT2D eigenvalue weighted by Gasteiger charge is 2.42. The lowest BCUT2D eigenvalue weighted by Crippen LogP contribution is -2.34. The normalized spacial score (nSPS) is 19.6. The fraction of sp³-hybridized carbons (Fsp3) is 0.360. The highest BCUT2D eigenvalue weighted by Crippen LogP contribution is 2.35. The smallest absolute Gasteiger partial charge is 0.310 e. The highest BCUT2D eigenvalue weighted by molar-refractivity contribution is 6.65. The predicted octanol–water partition coefficient (Wildman–Crippen LogP) is 14.9. The van der Waals surface area contributed by atoms with E-state index in [-0.39, 0.29) is 109 Å². The number of hydrogen-bond acceptors (Lipinski definition) is 13. The third kappa shape index (κ3) is 22.7. The van der Waals surface area contributed by atoms with Crippen LogP contribution < -0.4 is 0 Å². The second-order valence-corrected chi connectivity index (χ2v) is 26.7. The Morgan fingerprint density at radius 1 is 0.314 bits per heavy atom. The van der Waals surface area contributed by atoms with E-state index in [2.05, 4.69) is 47.9 Å². The van der Waals surface area contributed by atoms with Crippen LogP contribution in [0.25, 0.3) is 0 Å². The second kappa shape index (κ2) is 41.4. The van der Waals surface area contributed by atoms with E-state index in [9.17, 15) is 33.6 Å². The number of methoxy groups -OCH3 is 4. The zero-order valence-electron chi connectivity index (χ0n) is 58.7. The number of halogens is 1. The first kappa shape index (κ1) is 81.4. The molecule has 4 fully saturated rings. The Hall–Kier alpha value is -9.54. The van der Waals surface area contributed by atoms with E-state index in [4.69, 9.17) is 30.5 Å². The monoisotopic (exact) mass is 1400 g/mol. The number of esters is 4. The molecule has 12 rings (SSSR count). The Bertz CT molecular complexity index is 3500. The molecule has 2 amide bonds. The molecule has 4 aliphatic heterocycles. The van der Waals surface area contributed by atoms with Crippen molar-refractivity contribution in [3.8, 4) is 0 Å². The summed E-state index contributed by atoms with van der Waals surface area (Å²) in [5, 5.41) is -0.350. The molecular formula is C86H103ClN4O11. The van der Waals surface area contributed by atoms with Crippen molar-refractivity contribution < 1.29 is 52.5 Å². The molecule has 0 aliphatic carbocycles. The Balaban J connectivity index is 0.000000202. The zero-order valence-corrected chi connectivity index (χ0v) is 59.4. The van der Waals surface area contributed by atoms with E-state index < -0.39 is 0 Å². The van der Waals surface area contributed by atoms with Crippen LogP contribution in [-0.4, -0.2) is 141 Å². The van der Waals surface area contributed by atoms with Gasteiger partial charge < -0.3 is 28.7 Å². The Morgan fingerprint density at radius 3 is 0.745 bits per heavy atom. The summed E-state index contributed by atoms with van der Waals surface area (Å²) in [6, 6.07) is 79.0. The third-order valence-electron chi connectivity index (χ3n) is 19.3. The molecule has 4 heterocycles. The number of rotatable bonds is 17. The SMILES string of the molecule is C.C.COC(=O)[C@@H]1CN(C(=O)C(c2ccccc2)c2ccccc2)C[C@H]1C.COC(=O)[C@@H]1CN(Cc2ccccc2)C[C@H]1C.COC(=O)[C@H]1CN(C(=O)C(c2ccccc2)c2ccccc2)C[C@@H]1C.COC(=O)[C@H]1CN(Cc2ccccc2)C[C@@H]1C.O=C(Cl)C(c1ccccc1)c1ccccc1. The van der Waals surface area contributed by atoms with Gasteiger partial charge in [-0.1, -0.05) is 285 Å². The van der Waals surface area contributed by atoms with Crippen molar-refractivity contribution in [2.24, 2.45) is 47.3 Å². The lowest BCUT2D eigenvalue weighted by atomic mass is 9.90. The molecule has 8 aromatic rings. The molecule has 8 aromatic carbocycles. The highest BCUT2D eigenvalue weighted by atomic mass is 35.5. The van der Waals surface area contributed by atoms with Crippen molar-refractivity contribution in [1.29, 1.82) is 0 Å². The number of carbonyl (C=O) groups excluding carboxylic acids is 7. The van der Waals surface area contributed by atoms with Crippen LogP contribution in [0.2, 0.25) is 0 Å². The average molecular weight is 1400 g/mol. The molecule has 0 aromatic heterocycles. The van der Waals surface area contributed by atoms with Crippen LogP contribution in [0, 0.1) is 47.3 Å². The van der Waals surface area contributed by atoms with Gasteiger partial charge in [0, 0.05) is 65.4 Å². The number of benzene rings is 8. The lowest BCUT2D eigenvalue weighted by molar-refractivity contribution is -0.147. The first-order valence-corrected chi connectivity index (χ1v) is 34.7. The maximum absolute atomic E-state index is 13.3. The molecular weight excluding hydrogens is 1300 g/mol. The molecule has 0 radical (unpaired) electrons. The number of carbonyl (C=O) groups is 7. The molecule has 15 nitrogen and oxygen atoms in total. The van der Waals surface area contributed by atoms with Crippen molar-refractivity contribution in [3.05, 3.63) is 287 Å². The third-order valence-corrected chi connectivity index (χ3v) is 19.5. The lowest BCUT2D eigenvalue weighted by Gasteiger charge is -2.24. The van der Waals surface area contributed by atoms with E-state index in [1.807, 2.05) is 232 Å². The van der Waals surface area contributed by atoms with Crippen molar-refractivity contribution in [2.75, 3.05) is 80.8 Å². The zero-order chi connectivity index (χ0) is 71.5. The van der Waals surface area contributed by atoms with Gasteiger partial charge in [-0.15, -0.1) is 0 Å². The standard InChI is InChI=1S/2C21H23NO3.C14H11ClO.2C14H19NO2.2CH4/c2*1-15-13-22(14-18(15)21(24)25-2)20(23)19(16-9-5-3-6-10-16)17-11-7-4-8-12-17;15-14(16)13(11-7-3-1-4-8-11)12-9-5-2-6-10-12;2*1-11-8-15(10-13(11)14(16)17-2)9-12-6-4-3-5-7-12;;/h2*3-12,15,18-19H,13-14H2,1-2H3;1-10,13H;2*3-7,11,13H,8-10H2,1-2H3;2*1H4/t2*15-,18-;;2*11-,13-;;/m10.10../s1. The van der Waals surface area contributed by atoms with Crippen molar-refractivity contribution in [2.45, 2.75) is 73.4 Å². The number of likely N-dealkylation sites (tertiary alicyclic amines) is 4. The molecule has 0 spiro atoms. The fourth-order valence-corrected chi connectivity index (χ4v) is 14.1. The Kier molecular flexibility index (Phi) is 33.0. The summed E-state index contributed by atoms with van der Waals surface area (Å²) in [4.78, 5) is 93.4. The van der Waals surface area contributed by atoms with E-state index >= 15 is 0 Å². The van der Waals surface area contributed by atoms with Crippen LogP contribution in [0.5, 0.6) is 0 Å². The number of hydrogen-bond donors (Lipinski definition) is 0. The topological polar surface area (TPSA) is 169 Å². The summed E-state index contributed by atoms with van der Waals surface area (Å²) in [5.74, 6) is -1.11. The number of amides is 2. The van der Waals surface area contributed by atoms with Gasteiger partial charge in [-0.25, -0.2) is 0 Å².